The number of anilines is 1. The molecule has 29 heavy (non-hydrogen) atoms. The summed E-state index contributed by atoms with van der Waals surface area (Å²) in [5.41, 5.74) is -0.437. The van der Waals surface area contributed by atoms with E-state index in [1.54, 1.807) is 12.1 Å². The normalized spacial score (nSPS) is 20.0. The van der Waals surface area contributed by atoms with Gasteiger partial charge >= 0.3 is 6.18 Å². The number of phenolic OH excluding ortho intramolecular Hbond substituents is 1. The van der Waals surface area contributed by atoms with Crippen LogP contribution in [0.5, 0.6) is 5.75 Å². The molecule has 2 aromatic carbocycles. The molecule has 0 bridgehead atoms. The van der Waals surface area contributed by atoms with Gasteiger partial charge in [0.05, 0.1) is 11.7 Å². The third kappa shape index (κ3) is 3.98. The summed E-state index contributed by atoms with van der Waals surface area (Å²) in [6.07, 6.45) is -1.64. The first-order valence-electron chi connectivity index (χ1n) is 9.43. The molecule has 1 aromatic heterocycles. The van der Waals surface area contributed by atoms with E-state index in [9.17, 15) is 23.4 Å². The molecule has 1 saturated carbocycles. The van der Waals surface area contributed by atoms with E-state index in [-0.39, 0.29) is 17.7 Å². The van der Waals surface area contributed by atoms with E-state index >= 15 is 0 Å². The van der Waals surface area contributed by atoms with Crippen LogP contribution in [0.1, 0.15) is 31.2 Å². The summed E-state index contributed by atoms with van der Waals surface area (Å²) in [6.45, 7) is 0. The Morgan fingerprint density at radius 2 is 1.76 bits per heavy atom. The van der Waals surface area contributed by atoms with Crippen LogP contribution in [-0.2, 0) is 6.18 Å². The van der Waals surface area contributed by atoms with E-state index in [1.807, 2.05) is 12.1 Å². The van der Waals surface area contributed by atoms with Crippen molar-refractivity contribution in [1.29, 1.82) is 0 Å². The second kappa shape index (κ2) is 7.51. The second-order valence-electron chi connectivity index (χ2n) is 7.33. The molecule has 0 amide bonds. The van der Waals surface area contributed by atoms with Gasteiger partial charge in [-0.15, -0.1) is 10.2 Å². The van der Waals surface area contributed by atoms with Crippen LogP contribution < -0.4 is 5.32 Å². The van der Waals surface area contributed by atoms with Crippen molar-refractivity contribution in [1.82, 2.24) is 10.2 Å². The Morgan fingerprint density at radius 3 is 2.45 bits per heavy atom. The maximum Gasteiger partial charge on any atom is 0.416 e. The van der Waals surface area contributed by atoms with Crippen molar-refractivity contribution >= 4 is 16.6 Å². The molecular formula is C21H20F3N3O2. The zero-order valence-electron chi connectivity index (χ0n) is 15.4. The van der Waals surface area contributed by atoms with Crippen LogP contribution in [0.3, 0.4) is 0 Å². The molecule has 1 heterocycles. The predicted molar refractivity (Wildman–Crippen MR) is 104 cm³/mol. The maximum absolute atomic E-state index is 12.9. The third-order valence-electron chi connectivity index (χ3n) is 5.25. The van der Waals surface area contributed by atoms with Crippen LogP contribution in [0.25, 0.3) is 22.0 Å². The van der Waals surface area contributed by atoms with Gasteiger partial charge in [-0.3, -0.25) is 0 Å². The van der Waals surface area contributed by atoms with Gasteiger partial charge in [0.1, 0.15) is 11.4 Å². The van der Waals surface area contributed by atoms with Gasteiger partial charge in [0.25, 0.3) is 0 Å². The van der Waals surface area contributed by atoms with Crippen LogP contribution in [0, 0.1) is 0 Å². The van der Waals surface area contributed by atoms with Crippen LogP contribution in [0.4, 0.5) is 19.0 Å². The molecule has 4 rings (SSSR count). The van der Waals surface area contributed by atoms with Crippen molar-refractivity contribution in [2.75, 3.05) is 5.32 Å². The smallest absolute Gasteiger partial charge is 0.416 e. The van der Waals surface area contributed by atoms with Crippen molar-refractivity contribution in [2.24, 2.45) is 0 Å². The van der Waals surface area contributed by atoms with Gasteiger partial charge in [-0.25, -0.2) is 0 Å². The highest BCUT2D eigenvalue weighted by Gasteiger charge is 2.31. The SMILES string of the molecule is Oc1cc(C(F)(F)F)ccc1-c1nnc(N[C@@H]2CCC[C@H](O)C2)c2ccccc12. The molecule has 0 aliphatic heterocycles. The molecule has 0 radical (unpaired) electrons. The predicted octanol–water partition coefficient (Wildman–Crippen LogP) is 4.74. The molecule has 1 aliphatic carbocycles. The summed E-state index contributed by atoms with van der Waals surface area (Å²) in [5.74, 6) is 0.0465. The number of halogens is 3. The number of aliphatic hydroxyl groups is 1. The van der Waals surface area contributed by atoms with Gasteiger partial charge in [0.2, 0.25) is 0 Å². The van der Waals surface area contributed by atoms with Crippen molar-refractivity contribution in [3.8, 4) is 17.0 Å². The number of benzene rings is 2. The van der Waals surface area contributed by atoms with Gasteiger partial charge in [0.15, 0.2) is 5.82 Å². The minimum atomic E-state index is -4.54. The average molecular weight is 403 g/mol. The molecule has 152 valence electrons. The summed E-state index contributed by atoms with van der Waals surface area (Å²) >= 11 is 0. The number of hydrogen-bond acceptors (Lipinski definition) is 5. The van der Waals surface area contributed by atoms with Gasteiger partial charge in [0, 0.05) is 22.4 Å². The number of phenols is 1. The molecule has 5 nitrogen and oxygen atoms in total. The van der Waals surface area contributed by atoms with E-state index < -0.39 is 17.5 Å². The number of rotatable bonds is 3. The summed E-state index contributed by atoms with van der Waals surface area (Å²) < 4.78 is 38.7. The van der Waals surface area contributed by atoms with Crippen molar-refractivity contribution < 1.29 is 23.4 Å². The Bertz CT molecular complexity index is 1040. The Morgan fingerprint density at radius 1 is 1.00 bits per heavy atom. The molecule has 0 unspecified atom stereocenters. The van der Waals surface area contributed by atoms with Crippen LogP contribution in [0.2, 0.25) is 0 Å². The summed E-state index contributed by atoms with van der Waals surface area (Å²) in [4.78, 5) is 0. The highest BCUT2D eigenvalue weighted by molar-refractivity contribution is 6.00. The van der Waals surface area contributed by atoms with Gasteiger partial charge in [-0.2, -0.15) is 13.2 Å². The number of hydrogen-bond donors (Lipinski definition) is 3. The minimum absolute atomic E-state index is 0.0711. The maximum atomic E-state index is 12.9. The highest BCUT2D eigenvalue weighted by Crippen LogP contribution is 2.39. The lowest BCUT2D eigenvalue weighted by molar-refractivity contribution is -0.137. The number of aliphatic hydroxyl groups excluding tert-OH is 1. The number of alkyl halides is 3. The first kappa shape index (κ1) is 19.4. The number of aromatic nitrogens is 2. The van der Waals surface area contributed by atoms with Gasteiger partial charge < -0.3 is 15.5 Å². The fraction of sp³-hybridized carbons (Fsp3) is 0.333. The van der Waals surface area contributed by atoms with E-state index in [4.69, 9.17) is 0 Å². The average Bonchev–Trinajstić information content (AvgIpc) is 2.68. The molecular weight excluding hydrogens is 383 g/mol. The summed E-state index contributed by atoms with van der Waals surface area (Å²) in [5, 5.41) is 33.3. The third-order valence-corrected chi connectivity index (χ3v) is 5.25. The minimum Gasteiger partial charge on any atom is -0.507 e. The fourth-order valence-corrected chi connectivity index (χ4v) is 3.81. The van der Waals surface area contributed by atoms with E-state index in [0.29, 0.717) is 29.4 Å². The monoisotopic (exact) mass is 403 g/mol. The van der Waals surface area contributed by atoms with E-state index in [1.165, 1.54) is 6.07 Å². The lowest BCUT2D eigenvalue weighted by Gasteiger charge is -2.27. The second-order valence-corrected chi connectivity index (χ2v) is 7.33. The molecule has 3 N–H and O–H groups in total. The largest absolute Gasteiger partial charge is 0.507 e. The molecule has 3 aromatic rings. The summed E-state index contributed by atoms with van der Waals surface area (Å²) in [6, 6.07) is 10.2. The molecule has 0 saturated heterocycles. The number of fused-ring (bicyclic) bond motifs is 1. The van der Waals surface area contributed by atoms with Crippen molar-refractivity contribution in [3.05, 3.63) is 48.0 Å². The lowest BCUT2D eigenvalue weighted by atomic mass is 9.93. The first-order chi connectivity index (χ1) is 13.8. The summed E-state index contributed by atoms with van der Waals surface area (Å²) in [7, 11) is 0. The van der Waals surface area contributed by atoms with Crippen molar-refractivity contribution in [2.45, 2.75) is 44.0 Å². The van der Waals surface area contributed by atoms with Gasteiger partial charge in [-0.1, -0.05) is 24.3 Å². The topological polar surface area (TPSA) is 78.3 Å². The Balaban J connectivity index is 1.74. The molecule has 0 spiro atoms. The molecule has 1 fully saturated rings. The van der Waals surface area contributed by atoms with E-state index in [2.05, 4.69) is 15.5 Å². The quantitative estimate of drug-likeness (QED) is 0.589. The molecule has 1 aliphatic rings. The number of aromatic hydroxyl groups is 1. The van der Waals surface area contributed by atoms with Crippen molar-refractivity contribution in [3.63, 3.8) is 0 Å². The van der Waals surface area contributed by atoms with E-state index in [0.717, 1.165) is 30.7 Å². The zero-order chi connectivity index (χ0) is 20.6. The van der Waals surface area contributed by atoms with Crippen LogP contribution in [-0.4, -0.2) is 32.6 Å². The lowest BCUT2D eigenvalue weighted by Crippen LogP contribution is -2.30. The fourth-order valence-electron chi connectivity index (χ4n) is 3.81. The number of nitrogens with one attached hydrogen (secondary N) is 1. The highest BCUT2D eigenvalue weighted by atomic mass is 19.4. The molecule has 2 atom stereocenters. The number of nitrogens with zero attached hydrogens (tertiary/aromatic N) is 2. The first-order valence-corrected chi connectivity index (χ1v) is 9.43. The Hall–Kier alpha value is -2.87. The Labute approximate surface area is 165 Å². The zero-order valence-corrected chi connectivity index (χ0v) is 15.4. The van der Waals surface area contributed by atoms with Crippen LogP contribution >= 0.6 is 0 Å². The van der Waals surface area contributed by atoms with Crippen LogP contribution in [0.15, 0.2) is 42.5 Å². The van der Waals surface area contributed by atoms with Gasteiger partial charge in [-0.05, 0) is 43.9 Å². The Kier molecular flexibility index (Phi) is 5.04. The standard InChI is InChI=1S/C21H20F3N3O2/c22-21(23,24)12-8-9-17(18(29)10-12)19-15-6-1-2-7-16(15)20(27-26-19)25-13-4-3-5-14(28)11-13/h1-2,6-10,13-14,28-29H,3-5,11H2,(H,25,27)/t13-,14+/m1/s1. The molecule has 8 heteroatoms.